The van der Waals surface area contributed by atoms with Crippen molar-refractivity contribution in [2.24, 2.45) is 10.9 Å². The minimum absolute atomic E-state index is 0.100. The molecular formula is C25H28FN3O4S. The van der Waals surface area contributed by atoms with Crippen molar-refractivity contribution in [1.29, 1.82) is 0 Å². The molecule has 2 N–H and O–H groups in total. The molecule has 0 radical (unpaired) electrons. The molecule has 2 aromatic carbocycles. The quantitative estimate of drug-likeness (QED) is 0.453. The third-order valence-electron chi connectivity index (χ3n) is 6.16. The van der Waals surface area contributed by atoms with Gasteiger partial charge in [0.05, 0.1) is 11.3 Å². The SMILES string of the molecule is CC(C)CCNS(=O)(=O)Cc1cc2oc(-c3ccc(F)cc3)c(C3=NCON3)c2cc1C1CC1. The van der Waals surface area contributed by atoms with Crippen LogP contribution in [0.2, 0.25) is 0 Å². The average Bonchev–Trinajstić information content (AvgIpc) is 3.34. The van der Waals surface area contributed by atoms with Gasteiger partial charge in [0, 0.05) is 17.5 Å². The van der Waals surface area contributed by atoms with Crippen molar-refractivity contribution in [3.8, 4) is 11.3 Å². The van der Waals surface area contributed by atoms with Crippen LogP contribution in [0, 0.1) is 11.7 Å². The Morgan fingerprint density at radius 1 is 1.21 bits per heavy atom. The average molecular weight is 486 g/mol. The maximum Gasteiger partial charge on any atom is 0.215 e. The summed E-state index contributed by atoms with van der Waals surface area (Å²) >= 11 is 0. The Morgan fingerprint density at radius 3 is 2.62 bits per heavy atom. The first-order chi connectivity index (χ1) is 16.3. The third-order valence-corrected chi connectivity index (χ3v) is 7.49. The van der Waals surface area contributed by atoms with Crippen molar-refractivity contribution >= 4 is 26.8 Å². The fourth-order valence-corrected chi connectivity index (χ4v) is 5.45. The highest BCUT2D eigenvalue weighted by molar-refractivity contribution is 7.88. The third kappa shape index (κ3) is 4.87. The number of nitrogens with one attached hydrogen (secondary N) is 2. The summed E-state index contributed by atoms with van der Waals surface area (Å²) in [7, 11) is -3.49. The van der Waals surface area contributed by atoms with E-state index in [0.717, 1.165) is 41.3 Å². The van der Waals surface area contributed by atoms with E-state index >= 15 is 0 Å². The highest BCUT2D eigenvalue weighted by Gasteiger charge is 2.31. The highest BCUT2D eigenvalue weighted by Crippen LogP contribution is 2.45. The van der Waals surface area contributed by atoms with E-state index in [-0.39, 0.29) is 18.3 Å². The number of furan rings is 1. The molecule has 3 aromatic rings. The Labute approximate surface area is 198 Å². The summed E-state index contributed by atoms with van der Waals surface area (Å²) in [5.41, 5.74) is 6.58. The fourth-order valence-electron chi connectivity index (χ4n) is 4.26. The van der Waals surface area contributed by atoms with Crippen LogP contribution in [0.15, 0.2) is 45.8 Å². The van der Waals surface area contributed by atoms with Crippen LogP contribution in [0.3, 0.4) is 0 Å². The van der Waals surface area contributed by atoms with Crippen molar-refractivity contribution in [2.45, 2.75) is 44.8 Å². The van der Waals surface area contributed by atoms with Crippen molar-refractivity contribution < 1.29 is 22.1 Å². The molecule has 0 amide bonds. The summed E-state index contributed by atoms with van der Waals surface area (Å²) in [6, 6.07) is 9.92. The lowest BCUT2D eigenvalue weighted by atomic mass is 9.98. The zero-order valence-electron chi connectivity index (χ0n) is 19.2. The maximum absolute atomic E-state index is 13.6. The fraction of sp³-hybridized carbons (Fsp3) is 0.400. The largest absolute Gasteiger partial charge is 0.455 e. The Bertz CT molecular complexity index is 1340. The summed E-state index contributed by atoms with van der Waals surface area (Å²) in [5.74, 6) is 1.38. The zero-order chi connectivity index (χ0) is 23.9. The number of sulfonamides is 1. The molecule has 5 rings (SSSR count). The van der Waals surface area contributed by atoms with Gasteiger partial charge in [-0.15, -0.1) is 0 Å². The summed E-state index contributed by atoms with van der Waals surface area (Å²) in [4.78, 5) is 9.63. The molecule has 0 spiro atoms. The van der Waals surface area contributed by atoms with Gasteiger partial charge in [-0.1, -0.05) is 13.8 Å². The smallest absolute Gasteiger partial charge is 0.215 e. The van der Waals surface area contributed by atoms with Gasteiger partial charge in [0.2, 0.25) is 10.0 Å². The number of benzene rings is 2. The molecule has 0 unspecified atom stereocenters. The predicted molar refractivity (Wildman–Crippen MR) is 129 cm³/mol. The van der Waals surface area contributed by atoms with E-state index in [1.165, 1.54) is 12.1 Å². The van der Waals surface area contributed by atoms with Gasteiger partial charge in [0.1, 0.15) is 17.2 Å². The zero-order valence-corrected chi connectivity index (χ0v) is 20.0. The summed E-state index contributed by atoms with van der Waals surface area (Å²) in [5, 5.41) is 0.826. The van der Waals surface area contributed by atoms with Crippen LogP contribution >= 0.6 is 0 Å². The molecule has 1 aliphatic carbocycles. The van der Waals surface area contributed by atoms with Gasteiger partial charge >= 0.3 is 0 Å². The minimum atomic E-state index is -3.49. The second-order valence-electron chi connectivity index (χ2n) is 9.35. The normalized spacial score (nSPS) is 16.3. The second kappa shape index (κ2) is 9.13. The van der Waals surface area contributed by atoms with Crippen molar-refractivity contribution in [2.75, 3.05) is 13.3 Å². The number of hydrogen-bond donors (Lipinski definition) is 2. The van der Waals surface area contributed by atoms with Crippen LogP contribution in [0.25, 0.3) is 22.3 Å². The molecule has 1 fully saturated rings. The number of aliphatic imine (C=N–C) groups is 1. The molecule has 2 aliphatic rings. The highest BCUT2D eigenvalue weighted by atomic mass is 32.2. The lowest BCUT2D eigenvalue weighted by molar-refractivity contribution is 0.115. The molecule has 0 atom stereocenters. The van der Waals surface area contributed by atoms with Crippen molar-refractivity contribution in [3.05, 3.63) is 58.9 Å². The van der Waals surface area contributed by atoms with E-state index in [9.17, 15) is 12.8 Å². The summed E-state index contributed by atoms with van der Waals surface area (Å²) in [6.45, 7) is 4.73. The van der Waals surface area contributed by atoms with Gasteiger partial charge in [0.15, 0.2) is 12.6 Å². The maximum atomic E-state index is 13.6. The molecule has 2 heterocycles. The number of hydrogen-bond acceptors (Lipinski definition) is 6. The first-order valence-corrected chi connectivity index (χ1v) is 13.2. The lowest BCUT2D eigenvalue weighted by Crippen LogP contribution is -2.27. The van der Waals surface area contributed by atoms with Gasteiger partial charge in [-0.3, -0.25) is 4.84 Å². The minimum Gasteiger partial charge on any atom is -0.455 e. The first-order valence-electron chi connectivity index (χ1n) is 11.6. The van der Waals surface area contributed by atoms with Crippen LogP contribution in [0.5, 0.6) is 0 Å². The molecule has 34 heavy (non-hydrogen) atoms. The van der Waals surface area contributed by atoms with Crippen molar-refractivity contribution in [3.63, 3.8) is 0 Å². The molecule has 9 heteroatoms. The predicted octanol–water partition coefficient (Wildman–Crippen LogP) is 4.82. The van der Waals surface area contributed by atoms with Gasteiger partial charge < -0.3 is 4.42 Å². The van der Waals surface area contributed by atoms with E-state index in [1.54, 1.807) is 12.1 Å². The first kappa shape index (κ1) is 23.0. The topological polar surface area (TPSA) is 92.9 Å². The van der Waals surface area contributed by atoms with Gasteiger partial charge in [-0.2, -0.15) is 0 Å². The Balaban J connectivity index is 1.59. The molecule has 1 aliphatic heterocycles. The Morgan fingerprint density at radius 2 is 1.97 bits per heavy atom. The number of amidine groups is 1. The van der Waals surface area contributed by atoms with Gasteiger partial charge in [-0.05, 0) is 78.6 Å². The monoisotopic (exact) mass is 485 g/mol. The molecule has 180 valence electrons. The van der Waals surface area contributed by atoms with Crippen molar-refractivity contribution in [1.82, 2.24) is 10.2 Å². The molecule has 0 saturated heterocycles. The van der Waals surface area contributed by atoms with Gasteiger partial charge in [0.25, 0.3) is 0 Å². The standard InChI is InChI=1S/C25H28FN3O4S/c1-15(2)9-10-28-34(30,31)13-18-11-22-21(12-20(18)16-3-4-16)23(25-27-14-32-29-25)24(33-22)17-5-7-19(26)8-6-17/h5-8,11-12,15-16,28H,3-4,9-10,13-14H2,1-2H3,(H,27,29). The molecule has 0 bridgehead atoms. The van der Waals surface area contributed by atoms with Crippen LogP contribution in [-0.2, 0) is 20.6 Å². The Kier molecular flexibility index (Phi) is 6.18. The second-order valence-corrected chi connectivity index (χ2v) is 11.2. The summed E-state index contributed by atoms with van der Waals surface area (Å²) < 4.78 is 48.2. The molecule has 7 nitrogen and oxygen atoms in total. The van der Waals surface area contributed by atoms with E-state index in [0.29, 0.717) is 41.1 Å². The van der Waals surface area contributed by atoms with Crippen LogP contribution in [0.4, 0.5) is 4.39 Å². The van der Waals surface area contributed by atoms with E-state index in [2.05, 4.69) is 29.0 Å². The molecule has 1 saturated carbocycles. The van der Waals surface area contributed by atoms with E-state index < -0.39 is 10.0 Å². The molecular weight excluding hydrogens is 457 g/mol. The number of halogens is 1. The molecule has 1 aromatic heterocycles. The Hall–Kier alpha value is -2.75. The summed E-state index contributed by atoms with van der Waals surface area (Å²) in [6.07, 6.45) is 2.84. The van der Waals surface area contributed by atoms with E-state index in [4.69, 9.17) is 9.25 Å². The number of hydroxylamine groups is 1. The number of fused-ring (bicyclic) bond motifs is 1. The van der Waals surface area contributed by atoms with E-state index in [1.807, 2.05) is 12.1 Å². The van der Waals surface area contributed by atoms with Gasteiger partial charge in [-0.25, -0.2) is 28.0 Å². The number of nitrogens with zero attached hydrogens (tertiary/aromatic N) is 1. The van der Waals surface area contributed by atoms with Crippen LogP contribution in [-0.4, -0.2) is 27.5 Å². The lowest BCUT2D eigenvalue weighted by Gasteiger charge is -2.12. The van der Waals surface area contributed by atoms with Crippen LogP contribution in [0.1, 0.15) is 55.7 Å². The number of rotatable bonds is 9. The van der Waals surface area contributed by atoms with Crippen LogP contribution < -0.4 is 10.2 Å².